The summed E-state index contributed by atoms with van der Waals surface area (Å²) >= 11 is 0. The van der Waals surface area contributed by atoms with Gasteiger partial charge in [-0.05, 0) is 21.0 Å². The van der Waals surface area contributed by atoms with Gasteiger partial charge in [0, 0.05) is 19.6 Å². The molecule has 4 heteroatoms. The molecular weight excluding hydrogens is 396 g/mol. The molecular formula is C27H30N2OSi. The first kappa shape index (κ1) is 21.5. The molecule has 0 spiro atoms. The first-order valence-corrected chi connectivity index (χ1v) is 12.8. The van der Waals surface area contributed by atoms with E-state index in [-0.39, 0.29) is 11.1 Å². The van der Waals surface area contributed by atoms with E-state index in [9.17, 15) is 0 Å². The predicted molar refractivity (Wildman–Crippen MR) is 130 cm³/mol. The van der Waals surface area contributed by atoms with Crippen LogP contribution in [0.2, 0.25) is 5.04 Å². The minimum absolute atomic E-state index is 0.00567. The van der Waals surface area contributed by atoms with Crippen molar-refractivity contribution in [3.05, 3.63) is 102 Å². The van der Waals surface area contributed by atoms with Crippen LogP contribution in [0, 0.1) is 6.57 Å². The third kappa shape index (κ3) is 4.36. The summed E-state index contributed by atoms with van der Waals surface area (Å²) in [5.41, 5.74) is 1.94. The standard InChI is InChI=1S/C27H30N2OSi/c1-27(2,3)31(25-11-7-5-8-12-25,26-13-9-6-10-14-26)30-24-20-29(21-24)19-22-15-17-23(28-4)18-16-22/h5-18,24H,19-21H2,1-3H3. The third-order valence-corrected chi connectivity index (χ3v) is 11.2. The Balaban J connectivity index is 1.56. The lowest BCUT2D eigenvalue weighted by Gasteiger charge is -2.49. The summed E-state index contributed by atoms with van der Waals surface area (Å²) in [5.74, 6) is 0. The molecule has 158 valence electrons. The first-order chi connectivity index (χ1) is 14.9. The highest BCUT2D eigenvalue weighted by Gasteiger charge is 2.52. The molecule has 0 aromatic heterocycles. The summed E-state index contributed by atoms with van der Waals surface area (Å²) in [5, 5.41) is 2.68. The average molecular weight is 427 g/mol. The van der Waals surface area contributed by atoms with Crippen LogP contribution >= 0.6 is 0 Å². The van der Waals surface area contributed by atoms with Gasteiger partial charge in [-0.25, -0.2) is 4.85 Å². The summed E-state index contributed by atoms with van der Waals surface area (Å²) < 4.78 is 7.17. The number of benzene rings is 3. The van der Waals surface area contributed by atoms with Crippen LogP contribution in [-0.4, -0.2) is 32.4 Å². The lowest BCUT2D eigenvalue weighted by atomic mass is 10.1. The van der Waals surface area contributed by atoms with Crippen molar-refractivity contribution in [2.45, 2.75) is 38.5 Å². The van der Waals surface area contributed by atoms with E-state index in [1.54, 1.807) is 0 Å². The molecule has 0 N–H and O–H groups in total. The molecule has 3 aromatic rings. The molecule has 0 aliphatic carbocycles. The van der Waals surface area contributed by atoms with Crippen molar-refractivity contribution in [1.29, 1.82) is 0 Å². The van der Waals surface area contributed by atoms with E-state index < -0.39 is 8.32 Å². The van der Waals surface area contributed by atoms with E-state index in [0.717, 1.165) is 19.6 Å². The molecule has 0 atom stereocenters. The van der Waals surface area contributed by atoms with Gasteiger partial charge in [-0.1, -0.05) is 106 Å². The van der Waals surface area contributed by atoms with Crippen molar-refractivity contribution in [3.63, 3.8) is 0 Å². The molecule has 4 rings (SSSR count). The maximum absolute atomic E-state index is 7.17. The van der Waals surface area contributed by atoms with Crippen molar-refractivity contribution in [2.24, 2.45) is 0 Å². The highest BCUT2D eigenvalue weighted by molar-refractivity contribution is 6.99. The second kappa shape index (κ2) is 8.80. The average Bonchev–Trinajstić information content (AvgIpc) is 2.76. The Bertz CT molecular complexity index is 991. The Hall–Kier alpha value is -2.71. The molecule has 0 saturated carbocycles. The fourth-order valence-electron chi connectivity index (χ4n) is 4.60. The van der Waals surface area contributed by atoms with E-state index in [0.29, 0.717) is 5.69 Å². The Labute approximate surface area is 187 Å². The third-order valence-electron chi connectivity index (χ3n) is 6.16. The molecule has 1 aliphatic rings. The Morgan fingerprint density at radius 2 is 1.39 bits per heavy atom. The van der Waals surface area contributed by atoms with E-state index in [1.807, 2.05) is 12.1 Å². The summed E-state index contributed by atoms with van der Waals surface area (Å²) in [4.78, 5) is 5.90. The number of rotatable bonds is 6. The molecule has 0 unspecified atom stereocenters. The minimum atomic E-state index is -2.48. The Kier molecular flexibility index (Phi) is 6.11. The van der Waals surface area contributed by atoms with E-state index in [2.05, 4.69) is 103 Å². The quantitative estimate of drug-likeness (QED) is 0.408. The highest BCUT2D eigenvalue weighted by atomic mass is 28.4. The predicted octanol–water partition coefficient (Wildman–Crippen LogP) is 5.00. The van der Waals surface area contributed by atoms with Crippen molar-refractivity contribution < 1.29 is 4.43 Å². The van der Waals surface area contributed by atoms with E-state index in [1.165, 1.54) is 15.9 Å². The van der Waals surface area contributed by atoms with Crippen LogP contribution in [0.4, 0.5) is 5.69 Å². The SMILES string of the molecule is [C-]#[N+]c1ccc(CN2CC(O[Si](c3ccccc3)(c3ccccc3)C(C)(C)C)C2)cc1. The van der Waals surface area contributed by atoms with E-state index >= 15 is 0 Å². The van der Waals surface area contributed by atoms with Crippen LogP contribution in [0.3, 0.4) is 0 Å². The molecule has 1 fully saturated rings. The zero-order chi connectivity index (χ0) is 21.9. The lowest BCUT2D eigenvalue weighted by molar-refractivity contribution is 0.00810. The van der Waals surface area contributed by atoms with Gasteiger partial charge in [0.15, 0.2) is 5.69 Å². The second-order valence-corrected chi connectivity index (χ2v) is 13.6. The minimum Gasteiger partial charge on any atom is -0.402 e. The number of nitrogens with zero attached hydrogens (tertiary/aromatic N) is 2. The molecule has 0 bridgehead atoms. The summed E-state index contributed by atoms with van der Waals surface area (Å²) in [6.45, 7) is 16.9. The summed E-state index contributed by atoms with van der Waals surface area (Å²) in [6.07, 6.45) is 0.230. The lowest BCUT2D eigenvalue weighted by Crippen LogP contribution is -2.70. The molecule has 1 heterocycles. The molecule has 3 nitrogen and oxygen atoms in total. The van der Waals surface area contributed by atoms with Crippen molar-refractivity contribution >= 4 is 24.4 Å². The second-order valence-electron chi connectivity index (χ2n) is 9.38. The molecule has 0 amide bonds. The maximum Gasteiger partial charge on any atom is 0.261 e. The van der Waals surface area contributed by atoms with Crippen LogP contribution in [0.25, 0.3) is 4.85 Å². The Morgan fingerprint density at radius 3 is 1.84 bits per heavy atom. The molecule has 3 aromatic carbocycles. The number of hydrogen-bond acceptors (Lipinski definition) is 2. The van der Waals surface area contributed by atoms with E-state index in [4.69, 9.17) is 11.0 Å². The summed E-state index contributed by atoms with van der Waals surface area (Å²) in [7, 11) is -2.48. The Morgan fingerprint density at radius 1 is 0.871 bits per heavy atom. The van der Waals surface area contributed by atoms with Crippen LogP contribution in [0.5, 0.6) is 0 Å². The zero-order valence-electron chi connectivity index (χ0n) is 18.6. The maximum atomic E-state index is 7.17. The normalized spacial score (nSPS) is 15.3. The highest BCUT2D eigenvalue weighted by Crippen LogP contribution is 2.38. The van der Waals surface area contributed by atoms with Gasteiger partial charge in [0.2, 0.25) is 0 Å². The van der Waals surface area contributed by atoms with Crippen LogP contribution < -0.4 is 10.4 Å². The summed E-state index contributed by atoms with van der Waals surface area (Å²) in [6, 6.07) is 29.6. The van der Waals surface area contributed by atoms with Gasteiger partial charge in [0.05, 0.1) is 12.7 Å². The van der Waals surface area contributed by atoms with Gasteiger partial charge in [0.1, 0.15) is 0 Å². The molecule has 31 heavy (non-hydrogen) atoms. The molecule has 1 saturated heterocycles. The van der Waals surface area contributed by atoms with Crippen LogP contribution in [0.15, 0.2) is 84.9 Å². The molecule has 1 aliphatic heterocycles. The fraction of sp³-hybridized carbons (Fsp3) is 0.296. The van der Waals surface area contributed by atoms with Gasteiger partial charge in [0.25, 0.3) is 8.32 Å². The topological polar surface area (TPSA) is 16.8 Å². The number of likely N-dealkylation sites (tertiary alicyclic amines) is 1. The van der Waals surface area contributed by atoms with Gasteiger partial charge >= 0.3 is 0 Å². The smallest absolute Gasteiger partial charge is 0.261 e. The van der Waals surface area contributed by atoms with Gasteiger partial charge in [-0.2, -0.15) is 0 Å². The molecule has 0 radical (unpaired) electrons. The largest absolute Gasteiger partial charge is 0.402 e. The first-order valence-electron chi connectivity index (χ1n) is 10.9. The van der Waals surface area contributed by atoms with Crippen LogP contribution in [0.1, 0.15) is 26.3 Å². The fourth-order valence-corrected chi connectivity index (χ4v) is 9.27. The monoisotopic (exact) mass is 426 g/mol. The van der Waals surface area contributed by atoms with Gasteiger partial charge in [-0.15, -0.1) is 0 Å². The van der Waals surface area contributed by atoms with Crippen molar-refractivity contribution in [1.82, 2.24) is 4.90 Å². The zero-order valence-corrected chi connectivity index (χ0v) is 19.6. The van der Waals surface area contributed by atoms with Crippen molar-refractivity contribution in [3.8, 4) is 0 Å². The van der Waals surface area contributed by atoms with Crippen LogP contribution in [-0.2, 0) is 11.0 Å². The van der Waals surface area contributed by atoms with Gasteiger partial charge < -0.3 is 4.43 Å². The van der Waals surface area contributed by atoms with Gasteiger partial charge in [-0.3, -0.25) is 4.90 Å². The number of hydrogen-bond donors (Lipinski definition) is 0. The van der Waals surface area contributed by atoms with Crippen molar-refractivity contribution in [2.75, 3.05) is 13.1 Å².